The Morgan fingerprint density at radius 1 is 1.07 bits per heavy atom. The highest BCUT2D eigenvalue weighted by Crippen LogP contribution is 2.25. The Morgan fingerprint density at radius 2 is 1.76 bits per heavy atom. The van der Waals surface area contributed by atoms with Crippen molar-refractivity contribution in [1.82, 2.24) is 10.2 Å². The monoisotopic (exact) mass is 408 g/mol. The number of ether oxygens (including phenoxy) is 3. The third-order valence-electron chi connectivity index (χ3n) is 4.23. The summed E-state index contributed by atoms with van der Waals surface area (Å²) in [5.41, 5.74) is 1.87. The molecule has 0 aliphatic heterocycles. The Morgan fingerprint density at radius 3 is 2.38 bits per heavy atom. The van der Waals surface area contributed by atoms with Gasteiger partial charge in [-0.3, -0.25) is 9.69 Å². The van der Waals surface area contributed by atoms with Gasteiger partial charge in [0.15, 0.2) is 0 Å². The topological polar surface area (TPSA) is 60.0 Å². The molecule has 1 N–H and O–H groups in total. The fraction of sp³-hybridized carbons (Fsp3) is 0.381. The number of methoxy groups -OCH3 is 2. The number of hydrogen-bond acceptors (Lipinski definition) is 5. The van der Waals surface area contributed by atoms with Gasteiger partial charge in [-0.05, 0) is 37.2 Å². The van der Waals surface area contributed by atoms with Crippen molar-refractivity contribution in [3.63, 3.8) is 0 Å². The number of nitrogens with one attached hydrogen (secondary N) is 1. The van der Waals surface area contributed by atoms with Crippen LogP contribution >= 0.6 is 0 Å². The summed E-state index contributed by atoms with van der Waals surface area (Å²) >= 11 is 0. The van der Waals surface area contributed by atoms with Crippen LogP contribution in [0, 0.1) is 0 Å². The van der Waals surface area contributed by atoms with Crippen LogP contribution in [0.3, 0.4) is 0 Å². The van der Waals surface area contributed by atoms with E-state index in [0.29, 0.717) is 31.0 Å². The summed E-state index contributed by atoms with van der Waals surface area (Å²) in [5.74, 6) is 1.43. The van der Waals surface area contributed by atoms with E-state index in [0.717, 1.165) is 11.1 Å². The van der Waals surface area contributed by atoms with E-state index in [1.165, 1.54) is 12.1 Å². The van der Waals surface area contributed by atoms with Gasteiger partial charge in [0.1, 0.15) is 17.2 Å². The molecular formula is C21H26F2N2O4. The van der Waals surface area contributed by atoms with Gasteiger partial charge in [-0.1, -0.05) is 18.2 Å². The maximum absolute atomic E-state index is 12.2. The van der Waals surface area contributed by atoms with E-state index in [2.05, 4.69) is 10.1 Å². The number of carbonyl (C=O) groups is 1. The fourth-order valence-corrected chi connectivity index (χ4v) is 2.81. The number of likely N-dealkylation sites (N-methyl/N-ethyl adjacent to an activating group) is 1. The number of alkyl halides is 2. The molecule has 2 rings (SSSR count). The molecule has 0 atom stereocenters. The maximum atomic E-state index is 12.2. The Bertz CT molecular complexity index is 785. The van der Waals surface area contributed by atoms with Crippen molar-refractivity contribution in [2.75, 3.05) is 34.4 Å². The molecule has 0 unspecified atom stereocenters. The van der Waals surface area contributed by atoms with Crippen molar-refractivity contribution in [2.24, 2.45) is 0 Å². The number of amides is 1. The van der Waals surface area contributed by atoms with Gasteiger partial charge in [-0.2, -0.15) is 8.78 Å². The highest BCUT2D eigenvalue weighted by atomic mass is 19.3. The van der Waals surface area contributed by atoms with Gasteiger partial charge in [0.05, 0.1) is 20.8 Å². The van der Waals surface area contributed by atoms with Gasteiger partial charge in [0.2, 0.25) is 5.91 Å². The molecule has 0 radical (unpaired) electrons. The van der Waals surface area contributed by atoms with Gasteiger partial charge in [-0.25, -0.2) is 0 Å². The lowest BCUT2D eigenvalue weighted by Gasteiger charge is -2.18. The summed E-state index contributed by atoms with van der Waals surface area (Å²) in [4.78, 5) is 14.0. The van der Waals surface area contributed by atoms with E-state index < -0.39 is 6.61 Å². The first kappa shape index (κ1) is 22.4. The van der Waals surface area contributed by atoms with Gasteiger partial charge in [0.25, 0.3) is 0 Å². The highest BCUT2D eigenvalue weighted by Gasteiger charge is 2.11. The number of halogens is 2. The molecule has 29 heavy (non-hydrogen) atoms. The molecule has 0 fully saturated rings. The molecule has 0 aliphatic carbocycles. The van der Waals surface area contributed by atoms with Gasteiger partial charge in [0, 0.05) is 24.7 Å². The minimum atomic E-state index is -2.84. The Hall–Kier alpha value is -2.87. The first-order valence-electron chi connectivity index (χ1n) is 9.11. The number of nitrogens with zero attached hydrogens (tertiary/aromatic N) is 1. The van der Waals surface area contributed by atoms with Crippen LogP contribution in [0.4, 0.5) is 8.78 Å². The van der Waals surface area contributed by atoms with E-state index in [1.807, 2.05) is 24.1 Å². The lowest BCUT2D eigenvalue weighted by Crippen LogP contribution is -2.35. The zero-order valence-corrected chi connectivity index (χ0v) is 16.8. The smallest absolute Gasteiger partial charge is 0.387 e. The summed E-state index contributed by atoms with van der Waals surface area (Å²) in [5, 5.41) is 2.86. The average molecular weight is 408 g/mol. The molecule has 6 nitrogen and oxygen atoms in total. The van der Waals surface area contributed by atoms with Gasteiger partial charge in [-0.15, -0.1) is 0 Å². The molecule has 2 aromatic carbocycles. The van der Waals surface area contributed by atoms with E-state index in [1.54, 1.807) is 32.4 Å². The van der Waals surface area contributed by atoms with Crippen LogP contribution in [0.2, 0.25) is 0 Å². The normalized spacial score (nSPS) is 10.9. The quantitative estimate of drug-likeness (QED) is 0.619. The van der Waals surface area contributed by atoms with Crippen LogP contribution in [-0.2, 0) is 17.8 Å². The summed E-state index contributed by atoms with van der Waals surface area (Å²) < 4.78 is 39.2. The van der Waals surface area contributed by atoms with Crippen LogP contribution in [0.15, 0.2) is 42.5 Å². The summed E-state index contributed by atoms with van der Waals surface area (Å²) in [6.07, 6.45) is 0.594. The minimum absolute atomic E-state index is 0.0994. The Balaban J connectivity index is 1.76. The van der Waals surface area contributed by atoms with Crippen molar-refractivity contribution in [3.05, 3.63) is 53.6 Å². The number of benzene rings is 2. The van der Waals surface area contributed by atoms with E-state index in [9.17, 15) is 13.6 Å². The van der Waals surface area contributed by atoms with Crippen molar-refractivity contribution < 1.29 is 27.8 Å². The lowest BCUT2D eigenvalue weighted by molar-refractivity contribution is -0.122. The molecule has 2 aromatic rings. The van der Waals surface area contributed by atoms with Crippen molar-refractivity contribution in [2.45, 2.75) is 19.6 Å². The zero-order valence-electron chi connectivity index (χ0n) is 16.8. The molecule has 1 amide bonds. The maximum Gasteiger partial charge on any atom is 0.387 e. The molecule has 0 aromatic heterocycles. The predicted molar refractivity (Wildman–Crippen MR) is 106 cm³/mol. The minimum Gasteiger partial charge on any atom is -0.497 e. The molecular weight excluding hydrogens is 382 g/mol. The van der Waals surface area contributed by atoms with Crippen LogP contribution in [-0.4, -0.2) is 51.8 Å². The second-order valence-corrected chi connectivity index (χ2v) is 6.47. The number of hydrogen-bond donors (Lipinski definition) is 1. The van der Waals surface area contributed by atoms with E-state index in [4.69, 9.17) is 9.47 Å². The zero-order chi connectivity index (χ0) is 21.2. The second-order valence-electron chi connectivity index (χ2n) is 6.47. The highest BCUT2D eigenvalue weighted by molar-refractivity contribution is 5.78. The molecule has 158 valence electrons. The summed E-state index contributed by atoms with van der Waals surface area (Å²) in [7, 11) is 5.04. The third kappa shape index (κ3) is 7.57. The molecule has 0 saturated carbocycles. The Kier molecular flexibility index (Phi) is 8.67. The van der Waals surface area contributed by atoms with E-state index in [-0.39, 0.29) is 18.2 Å². The molecule has 0 bridgehead atoms. The first-order chi connectivity index (χ1) is 13.9. The third-order valence-corrected chi connectivity index (χ3v) is 4.23. The SMILES string of the molecule is COc1ccc(CN(C)CC(=O)NCCc2ccc(OC(F)F)cc2)c(OC)c1. The van der Waals surface area contributed by atoms with Crippen LogP contribution < -0.4 is 19.5 Å². The molecule has 0 spiro atoms. The van der Waals surface area contributed by atoms with Crippen LogP contribution in [0.25, 0.3) is 0 Å². The van der Waals surface area contributed by atoms with Crippen molar-refractivity contribution in [1.29, 1.82) is 0 Å². The molecule has 0 heterocycles. The summed E-state index contributed by atoms with van der Waals surface area (Å²) in [6, 6.07) is 11.9. The van der Waals surface area contributed by atoms with Gasteiger partial charge < -0.3 is 19.5 Å². The molecule has 0 saturated heterocycles. The molecule has 8 heteroatoms. The number of carbonyl (C=O) groups excluding carboxylic acids is 1. The predicted octanol–water partition coefficient (Wildman–Crippen LogP) is 3.10. The lowest BCUT2D eigenvalue weighted by atomic mass is 10.1. The number of rotatable bonds is 11. The fourth-order valence-electron chi connectivity index (χ4n) is 2.81. The average Bonchev–Trinajstić information content (AvgIpc) is 2.69. The van der Waals surface area contributed by atoms with Crippen LogP contribution in [0.1, 0.15) is 11.1 Å². The standard InChI is InChI=1S/C21H26F2N2O4/c1-25(13-16-6-9-18(27-2)12-19(16)28-3)14-20(26)24-11-10-15-4-7-17(8-5-15)29-21(22)23/h4-9,12,21H,10-11,13-14H2,1-3H3,(H,24,26). The second kappa shape index (κ2) is 11.2. The van der Waals surface area contributed by atoms with Crippen LogP contribution in [0.5, 0.6) is 17.2 Å². The summed E-state index contributed by atoms with van der Waals surface area (Å²) in [6.45, 7) is -1.61. The van der Waals surface area contributed by atoms with E-state index >= 15 is 0 Å². The van der Waals surface area contributed by atoms with Gasteiger partial charge >= 0.3 is 6.61 Å². The molecule has 0 aliphatic rings. The first-order valence-corrected chi connectivity index (χ1v) is 9.11. The van der Waals surface area contributed by atoms with Crippen molar-refractivity contribution >= 4 is 5.91 Å². The Labute approximate surface area is 169 Å². The largest absolute Gasteiger partial charge is 0.497 e. The van der Waals surface area contributed by atoms with Crippen molar-refractivity contribution in [3.8, 4) is 17.2 Å².